The number of pyridine rings is 1. The van der Waals surface area contributed by atoms with Gasteiger partial charge < -0.3 is 4.90 Å². The Kier molecular flexibility index (Phi) is 4.87. The van der Waals surface area contributed by atoms with Crippen molar-refractivity contribution in [1.82, 2.24) is 4.98 Å². The Labute approximate surface area is 121 Å². The van der Waals surface area contributed by atoms with E-state index in [1.807, 2.05) is 13.1 Å². The van der Waals surface area contributed by atoms with E-state index in [4.69, 9.17) is 23.2 Å². The van der Waals surface area contributed by atoms with Gasteiger partial charge in [-0.05, 0) is 29.5 Å². The quantitative estimate of drug-likeness (QED) is 0.769. The van der Waals surface area contributed by atoms with E-state index < -0.39 is 0 Å². The van der Waals surface area contributed by atoms with E-state index in [9.17, 15) is 0 Å². The Bertz CT molecular complexity index is 500. The smallest absolute Gasteiger partial charge is 0.128 e. The van der Waals surface area contributed by atoms with Crippen LogP contribution in [0.25, 0.3) is 0 Å². The first-order chi connectivity index (χ1) is 8.70. The first-order valence-corrected chi connectivity index (χ1v) is 7.44. The Morgan fingerprint density at radius 2 is 2.28 bits per heavy atom. The fraction of sp³-hybridized carbons (Fsp3) is 0.308. The van der Waals surface area contributed by atoms with Crippen molar-refractivity contribution < 1.29 is 0 Å². The first-order valence-electron chi connectivity index (χ1n) is 5.64. The third-order valence-electron chi connectivity index (χ3n) is 2.73. The molecular formula is C13H14Cl2N2S. The zero-order valence-corrected chi connectivity index (χ0v) is 12.4. The number of thiophene rings is 1. The van der Waals surface area contributed by atoms with Gasteiger partial charge in [0.25, 0.3) is 0 Å². The van der Waals surface area contributed by atoms with Gasteiger partial charge in [-0.1, -0.05) is 17.7 Å². The van der Waals surface area contributed by atoms with Crippen molar-refractivity contribution in [1.29, 1.82) is 0 Å². The monoisotopic (exact) mass is 300 g/mol. The van der Waals surface area contributed by atoms with Gasteiger partial charge in [-0.3, -0.25) is 0 Å². The van der Waals surface area contributed by atoms with Gasteiger partial charge in [-0.15, -0.1) is 22.9 Å². The molecule has 0 radical (unpaired) electrons. The standard InChI is InChI=1S/C13H14Cl2N2S/c1-17(5-4-11-3-2-6-18-11)13-7-10(8-14)12(15)9-16-13/h2-3,6-7,9H,4-5,8H2,1H3. The Morgan fingerprint density at radius 1 is 1.44 bits per heavy atom. The molecule has 0 aliphatic carbocycles. The van der Waals surface area contributed by atoms with Gasteiger partial charge in [0.2, 0.25) is 0 Å². The molecule has 2 nitrogen and oxygen atoms in total. The molecule has 0 aliphatic heterocycles. The minimum Gasteiger partial charge on any atom is -0.359 e. The highest BCUT2D eigenvalue weighted by atomic mass is 35.5. The van der Waals surface area contributed by atoms with Crippen molar-refractivity contribution in [2.45, 2.75) is 12.3 Å². The van der Waals surface area contributed by atoms with Crippen molar-refractivity contribution in [2.75, 3.05) is 18.5 Å². The molecule has 0 fully saturated rings. The summed E-state index contributed by atoms with van der Waals surface area (Å²) in [7, 11) is 2.03. The number of anilines is 1. The fourth-order valence-electron chi connectivity index (χ4n) is 1.63. The van der Waals surface area contributed by atoms with E-state index in [1.165, 1.54) is 4.88 Å². The van der Waals surface area contributed by atoms with Gasteiger partial charge in [0.1, 0.15) is 5.82 Å². The van der Waals surface area contributed by atoms with Crippen molar-refractivity contribution in [3.05, 3.63) is 45.2 Å². The van der Waals surface area contributed by atoms with Crippen LogP contribution in [0.3, 0.4) is 0 Å². The molecule has 0 bridgehead atoms. The molecule has 2 heterocycles. The molecule has 0 saturated heterocycles. The lowest BCUT2D eigenvalue weighted by Gasteiger charge is -2.18. The van der Waals surface area contributed by atoms with Crippen LogP contribution < -0.4 is 4.90 Å². The number of likely N-dealkylation sites (N-methyl/N-ethyl adjacent to an activating group) is 1. The predicted octanol–water partition coefficient (Wildman–Crippen LogP) is 4.21. The SMILES string of the molecule is CN(CCc1cccs1)c1cc(CCl)c(Cl)cn1. The lowest BCUT2D eigenvalue weighted by molar-refractivity contribution is 0.868. The summed E-state index contributed by atoms with van der Waals surface area (Å²) in [5.41, 5.74) is 0.923. The molecule has 2 aromatic rings. The summed E-state index contributed by atoms with van der Waals surface area (Å²) < 4.78 is 0. The number of rotatable bonds is 5. The molecule has 0 amide bonds. The summed E-state index contributed by atoms with van der Waals surface area (Å²) in [4.78, 5) is 7.83. The third kappa shape index (κ3) is 3.37. The maximum Gasteiger partial charge on any atom is 0.128 e. The molecule has 0 aromatic carbocycles. The molecule has 2 rings (SSSR count). The van der Waals surface area contributed by atoms with Crippen LogP contribution in [0, 0.1) is 0 Å². The Hall–Kier alpha value is -0.770. The highest BCUT2D eigenvalue weighted by Crippen LogP contribution is 2.21. The van der Waals surface area contributed by atoms with Crippen LogP contribution in [-0.4, -0.2) is 18.6 Å². The average Bonchev–Trinajstić information content (AvgIpc) is 2.89. The first kappa shape index (κ1) is 13.7. The van der Waals surface area contributed by atoms with Crippen LogP contribution in [0.4, 0.5) is 5.82 Å². The molecular weight excluding hydrogens is 287 g/mol. The second kappa shape index (κ2) is 6.41. The normalized spacial score (nSPS) is 10.6. The summed E-state index contributed by atoms with van der Waals surface area (Å²) in [6, 6.07) is 6.17. The van der Waals surface area contributed by atoms with E-state index in [0.717, 1.165) is 24.3 Å². The molecule has 2 aromatic heterocycles. The summed E-state index contributed by atoms with van der Waals surface area (Å²) >= 11 is 13.6. The summed E-state index contributed by atoms with van der Waals surface area (Å²) in [6.45, 7) is 0.927. The van der Waals surface area contributed by atoms with E-state index in [1.54, 1.807) is 17.5 Å². The van der Waals surface area contributed by atoms with Gasteiger partial charge in [-0.2, -0.15) is 0 Å². The van der Waals surface area contributed by atoms with E-state index in [0.29, 0.717) is 10.9 Å². The summed E-state index contributed by atoms with van der Waals surface area (Å²) in [5.74, 6) is 1.32. The lowest BCUT2D eigenvalue weighted by atomic mass is 10.2. The molecule has 0 atom stereocenters. The Balaban J connectivity index is 2.02. The second-order valence-corrected chi connectivity index (χ2v) is 5.73. The third-order valence-corrected chi connectivity index (χ3v) is 4.29. The van der Waals surface area contributed by atoms with Gasteiger partial charge >= 0.3 is 0 Å². The maximum atomic E-state index is 6.00. The Morgan fingerprint density at radius 3 is 2.94 bits per heavy atom. The predicted molar refractivity (Wildman–Crippen MR) is 80.1 cm³/mol. The number of halogens is 2. The van der Waals surface area contributed by atoms with Gasteiger partial charge in [0, 0.05) is 30.5 Å². The minimum atomic E-state index is 0.410. The number of aromatic nitrogens is 1. The topological polar surface area (TPSA) is 16.1 Å². The van der Waals surface area contributed by atoms with Crippen LogP contribution in [0.1, 0.15) is 10.4 Å². The van der Waals surface area contributed by atoms with Crippen molar-refractivity contribution >= 4 is 40.4 Å². The van der Waals surface area contributed by atoms with E-state index >= 15 is 0 Å². The molecule has 18 heavy (non-hydrogen) atoms. The molecule has 0 aliphatic rings. The van der Waals surface area contributed by atoms with Crippen molar-refractivity contribution in [2.24, 2.45) is 0 Å². The molecule has 5 heteroatoms. The van der Waals surface area contributed by atoms with Crippen LogP contribution in [0.5, 0.6) is 0 Å². The number of hydrogen-bond acceptors (Lipinski definition) is 3. The maximum absolute atomic E-state index is 6.00. The van der Waals surface area contributed by atoms with Crippen molar-refractivity contribution in [3.8, 4) is 0 Å². The molecule has 0 N–H and O–H groups in total. The highest BCUT2D eigenvalue weighted by molar-refractivity contribution is 7.09. The second-order valence-electron chi connectivity index (χ2n) is 4.02. The van der Waals surface area contributed by atoms with Gasteiger partial charge in [-0.25, -0.2) is 4.98 Å². The zero-order chi connectivity index (χ0) is 13.0. The molecule has 96 valence electrons. The number of alkyl halides is 1. The van der Waals surface area contributed by atoms with E-state index in [2.05, 4.69) is 27.4 Å². The lowest BCUT2D eigenvalue weighted by Crippen LogP contribution is -2.21. The highest BCUT2D eigenvalue weighted by Gasteiger charge is 2.07. The van der Waals surface area contributed by atoms with Crippen LogP contribution in [-0.2, 0) is 12.3 Å². The minimum absolute atomic E-state index is 0.410. The number of nitrogens with zero attached hydrogens (tertiary/aromatic N) is 2. The van der Waals surface area contributed by atoms with Crippen LogP contribution in [0.2, 0.25) is 5.02 Å². The largest absolute Gasteiger partial charge is 0.359 e. The van der Waals surface area contributed by atoms with Gasteiger partial charge in [0.05, 0.1) is 5.02 Å². The zero-order valence-electron chi connectivity index (χ0n) is 10.1. The number of hydrogen-bond donors (Lipinski definition) is 0. The molecule has 0 saturated carbocycles. The summed E-state index contributed by atoms with van der Waals surface area (Å²) in [6.07, 6.45) is 2.69. The van der Waals surface area contributed by atoms with Crippen LogP contribution >= 0.6 is 34.5 Å². The molecule has 0 unspecified atom stereocenters. The average molecular weight is 301 g/mol. The van der Waals surface area contributed by atoms with E-state index in [-0.39, 0.29) is 0 Å². The van der Waals surface area contributed by atoms with Crippen LogP contribution in [0.15, 0.2) is 29.8 Å². The fourth-order valence-corrected chi connectivity index (χ4v) is 2.78. The summed E-state index contributed by atoms with van der Waals surface area (Å²) in [5, 5.41) is 2.72. The van der Waals surface area contributed by atoms with Crippen molar-refractivity contribution in [3.63, 3.8) is 0 Å². The molecule has 0 spiro atoms. The van der Waals surface area contributed by atoms with Gasteiger partial charge in [0.15, 0.2) is 0 Å².